The quantitative estimate of drug-likeness (QED) is 0.611. The Morgan fingerprint density at radius 2 is 1.78 bits per heavy atom. The molecule has 2 aromatic carbocycles. The number of carbonyl (C=O) groups is 1. The highest BCUT2D eigenvalue weighted by Crippen LogP contribution is 2.22. The lowest BCUT2D eigenvalue weighted by molar-refractivity contribution is 0.0767. The van der Waals surface area contributed by atoms with Crippen molar-refractivity contribution in [2.24, 2.45) is 0 Å². The van der Waals surface area contributed by atoms with Gasteiger partial charge in [-0.2, -0.15) is 0 Å². The maximum atomic E-state index is 13.0. The van der Waals surface area contributed by atoms with Crippen molar-refractivity contribution < 1.29 is 13.2 Å². The number of aromatic nitrogens is 1. The fourth-order valence-electron chi connectivity index (χ4n) is 3.66. The van der Waals surface area contributed by atoms with Gasteiger partial charge in [0.05, 0.1) is 4.90 Å². The van der Waals surface area contributed by atoms with Gasteiger partial charge in [-0.3, -0.25) is 9.52 Å². The van der Waals surface area contributed by atoms with Gasteiger partial charge in [-0.05, 0) is 67.8 Å². The van der Waals surface area contributed by atoms with Gasteiger partial charge in [0.1, 0.15) is 0 Å². The fourth-order valence-corrected chi connectivity index (χ4v) is 5.41. The molecule has 2 heterocycles. The van der Waals surface area contributed by atoms with Gasteiger partial charge in [0.2, 0.25) is 0 Å². The molecule has 1 saturated heterocycles. The molecule has 0 saturated carbocycles. The molecule has 7 nitrogen and oxygen atoms in total. The summed E-state index contributed by atoms with van der Waals surface area (Å²) in [6.07, 6.45) is 2.65. The zero-order valence-corrected chi connectivity index (χ0v) is 19.7. The molecule has 1 aliphatic rings. The number of hydrogen-bond acceptors (Lipinski definition) is 6. The Bertz CT molecular complexity index is 1190. The largest absolute Gasteiger partial charge is 0.346 e. The molecule has 0 bridgehead atoms. The van der Waals surface area contributed by atoms with Gasteiger partial charge in [0.15, 0.2) is 5.13 Å². The van der Waals surface area contributed by atoms with Crippen LogP contribution in [0, 0.1) is 13.8 Å². The number of hydrogen-bond donors (Lipinski definition) is 1. The Morgan fingerprint density at radius 1 is 1.00 bits per heavy atom. The Kier molecular flexibility index (Phi) is 6.48. The van der Waals surface area contributed by atoms with Gasteiger partial charge in [0.25, 0.3) is 15.9 Å². The average molecular weight is 471 g/mol. The molecule has 0 aliphatic carbocycles. The van der Waals surface area contributed by atoms with Crippen molar-refractivity contribution in [1.29, 1.82) is 0 Å². The number of nitrogens with one attached hydrogen (secondary N) is 1. The van der Waals surface area contributed by atoms with Gasteiger partial charge >= 0.3 is 0 Å². The molecule has 32 heavy (non-hydrogen) atoms. The smallest absolute Gasteiger partial charge is 0.261 e. The number of amides is 1. The Hall–Kier alpha value is -2.91. The predicted molar refractivity (Wildman–Crippen MR) is 128 cm³/mol. The van der Waals surface area contributed by atoms with Crippen LogP contribution in [-0.2, 0) is 10.0 Å². The van der Waals surface area contributed by atoms with Gasteiger partial charge in [-0.25, -0.2) is 13.4 Å². The molecule has 4 rings (SSSR count). The van der Waals surface area contributed by atoms with Crippen molar-refractivity contribution in [2.75, 3.05) is 35.8 Å². The molecule has 1 fully saturated rings. The minimum Gasteiger partial charge on any atom is -0.346 e. The number of benzene rings is 2. The predicted octanol–water partition coefficient (Wildman–Crippen LogP) is 3.91. The summed E-state index contributed by atoms with van der Waals surface area (Å²) in [5, 5.41) is 2.93. The third-order valence-electron chi connectivity index (χ3n) is 5.64. The highest BCUT2D eigenvalue weighted by molar-refractivity contribution is 7.92. The van der Waals surface area contributed by atoms with Crippen molar-refractivity contribution >= 4 is 38.1 Å². The van der Waals surface area contributed by atoms with Crippen LogP contribution in [0.4, 0.5) is 10.8 Å². The first-order valence-corrected chi connectivity index (χ1v) is 12.8. The molecule has 3 aromatic rings. The van der Waals surface area contributed by atoms with E-state index >= 15 is 0 Å². The van der Waals surface area contributed by atoms with E-state index in [1.807, 2.05) is 30.2 Å². The van der Waals surface area contributed by atoms with Crippen LogP contribution < -0.4 is 9.62 Å². The van der Waals surface area contributed by atoms with Crippen LogP contribution in [0.25, 0.3) is 0 Å². The monoisotopic (exact) mass is 470 g/mol. The number of aryl methyl sites for hydroxylation is 2. The summed E-state index contributed by atoms with van der Waals surface area (Å²) in [4.78, 5) is 21.5. The highest BCUT2D eigenvalue weighted by Gasteiger charge is 2.22. The summed E-state index contributed by atoms with van der Waals surface area (Å²) < 4.78 is 28.1. The van der Waals surface area contributed by atoms with E-state index in [2.05, 4.69) is 14.6 Å². The Balaban J connectivity index is 1.43. The molecule has 0 unspecified atom stereocenters. The minimum absolute atomic E-state index is 0.0861. The van der Waals surface area contributed by atoms with E-state index < -0.39 is 10.0 Å². The normalized spacial score (nSPS) is 14.8. The number of carbonyl (C=O) groups excluding carboxylic acids is 1. The standard InChI is InChI=1S/C23H26N4O3S2/c1-17-4-7-20(16-18(17)2)25-32(29,30)21-8-5-19(6-9-21)22(28)26-11-3-12-27(14-13-26)23-24-10-15-31-23/h4-10,15-16,25H,3,11-14H2,1-2H3. The molecule has 1 N–H and O–H groups in total. The van der Waals surface area contributed by atoms with Crippen LogP contribution in [-0.4, -0.2) is 50.4 Å². The maximum Gasteiger partial charge on any atom is 0.261 e. The average Bonchev–Trinajstić information content (AvgIpc) is 3.20. The zero-order chi connectivity index (χ0) is 22.7. The highest BCUT2D eigenvalue weighted by atomic mass is 32.2. The van der Waals surface area contributed by atoms with Crippen LogP contribution in [0.3, 0.4) is 0 Å². The van der Waals surface area contributed by atoms with Crippen LogP contribution in [0.2, 0.25) is 0 Å². The first kappa shape index (κ1) is 22.3. The van der Waals surface area contributed by atoms with Crippen molar-refractivity contribution in [1.82, 2.24) is 9.88 Å². The number of rotatable bonds is 5. The van der Waals surface area contributed by atoms with Gasteiger partial charge in [-0.1, -0.05) is 6.07 Å². The molecule has 9 heteroatoms. The summed E-state index contributed by atoms with van der Waals surface area (Å²) >= 11 is 1.60. The second-order valence-electron chi connectivity index (χ2n) is 7.88. The van der Waals surface area contributed by atoms with Crippen molar-refractivity contribution in [2.45, 2.75) is 25.2 Å². The second-order valence-corrected chi connectivity index (χ2v) is 10.4. The molecule has 1 amide bonds. The van der Waals surface area contributed by atoms with Gasteiger partial charge in [0, 0.05) is 49.0 Å². The van der Waals surface area contributed by atoms with Gasteiger partial charge in [-0.15, -0.1) is 11.3 Å². The van der Waals surface area contributed by atoms with Gasteiger partial charge < -0.3 is 9.80 Å². The lowest BCUT2D eigenvalue weighted by Gasteiger charge is -2.22. The third kappa shape index (κ3) is 4.94. The fraction of sp³-hybridized carbons (Fsp3) is 0.304. The number of nitrogens with zero attached hydrogens (tertiary/aromatic N) is 3. The molecule has 0 spiro atoms. The number of thiazole rings is 1. The molecule has 1 aromatic heterocycles. The molecule has 168 valence electrons. The zero-order valence-electron chi connectivity index (χ0n) is 18.1. The lowest BCUT2D eigenvalue weighted by Crippen LogP contribution is -2.35. The summed E-state index contributed by atoms with van der Waals surface area (Å²) in [5.41, 5.74) is 3.11. The van der Waals surface area contributed by atoms with Crippen molar-refractivity contribution in [3.63, 3.8) is 0 Å². The van der Waals surface area contributed by atoms with Crippen LogP contribution in [0.1, 0.15) is 27.9 Å². The summed E-state index contributed by atoms with van der Waals surface area (Å²) in [6.45, 7) is 6.77. The first-order valence-electron chi connectivity index (χ1n) is 10.5. The summed E-state index contributed by atoms with van der Waals surface area (Å²) in [7, 11) is -3.74. The second kappa shape index (κ2) is 9.30. The van der Waals surface area contributed by atoms with Crippen LogP contribution in [0.5, 0.6) is 0 Å². The first-order chi connectivity index (χ1) is 15.3. The topological polar surface area (TPSA) is 82.6 Å². The maximum absolute atomic E-state index is 13.0. The van der Waals surface area contributed by atoms with Crippen LogP contribution in [0.15, 0.2) is 58.9 Å². The number of sulfonamides is 1. The van der Waals surface area contributed by atoms with Crippen molar-refractivity contribution in [3.8, 4) is 0 Å². The van der Waals surface area contributed by atoms with E-state index in [1.54, 1.807) is 41.8 Å². The Morgan fingerprint density at radius 3 is 2.47 bits per heavy atom. The third-order valence-corrected chi connectivity index (χ3v) is 7.87. The SMILES string of the molecule is Cc1ccc(NS(=O)(=O)c2ccc(C(=O)N3CCCN(c4nccs4)CC3)cc2)cc1C. The van der Waals surface area contributed by atoms with E-state index in [0.717, 1.165) is 35.8 Å². The molecular weight excluding hydrogens is 444 g/mol. The van der Waals surface area contributed by atoms with E-state index in [0.29, 0.717) is 24.3 Å². The van der Waals surface area contributed by atoms with E-state index in [-0.39, 0.29) is 10.8 Å². The van der Waals surface area contributed by atoms with E-state index in [4.69, 9.17) is 0 Å². The lowest BCUT2D eigenvalue weighted by atomic mass is 10.1. The van der Waals surface area contributed by atoms with E-state index in [9.17, 15) is 13.2 Å². The summed E-state index contributed by atoms with van der Waals surface area (Å²) in [6, 6.07) is 11.6. The van der Waals surface area contributed by atoms with Crippen LogP contribution >= 0.6 is 11.3 Å². The summed E-state index contributed by atoms with van der Waals surface area (Å²) in [5.74, 6) is -0.0861. The Labute approximate surface area is 192 Å². The minimum atomic E-state index is -3.74. The molecule has 0 radical (unpaired) electrons. The molecule has 0 atom stereocenters. The molecular formula is C23H26N4O3S2. The number of anilines is 2. The van der Waals surface area contributed by atoms with E-state index in [1.165, 1.54) is 12.1 Å². The van der Waals surface area contributed by atoms with Crippen molar-refractivity contribution in [3.05, 3.63) is 70.7 Å². The molecule has 1 aliphatic heterocycles.